The molecule has 0 radical (unpaired) electrons. The van der Waals surface area contributed by atoms with Crippen molar-refractivity contribution in [3.8, 4) is 12.1 Å². The van der Waals surface area contributed by atoms with Crippen LogP contribution in [0.3, 0.4) is 0 Å². The number of H-pyrrole nitrogens is 1. The molecule has 0 fully saturated rings. The minimum atomic E-state index is -4.92. The summed E-state index contributed by atoms with van der Waals surface area (Å²) in [5.74, 6) is -2.18. The Morgan fingerprint density at radius 1 is 1.06 bits per heavy atom. The topological polar surface area (TPSA) is 88.3 Å². The number of aromatic amines is 1. The fourth-order valence-corrected chi connectivity index (χ4v) is 3.83. The lowest BCUT2D eigenvalue weighted by atomic mass is 9.79. The predicted molar refractivity (Wildman–Crippen MR) is 109 cm³/mol. The molecule has 0 saturated carbocycles. The molecule has 2 aromatic carbocycles. The van der Waals surface area contributed by atoms with E-state index in [2.05, 4.69) is 15.5 Å². The van der Waals surface area contributed by atoms with Crippen LogP contribution < -0.4 is 5.32 Å². The minimum absolute atomic E-state index is 0.00670. The van der Waals surface area contributed by atoms with E-state index in [0.29, 0.717) is 22.2 Å². The number of benzene rings is 2. The maximum atomic E-state index is 14.1. The van der Waals surface area contributed by atoms with Crippen molar-refractivity contribution in [2.75, 3.05) is 0 Å². The van der Waals surface area contributed by atoms with Crippen LogP contribution in [0.1, 0.15) is 22.7 Å². The smallest absolute Gasteiger partial charge is 0.349 e. The number of rotatable bonds is 2. The highest BCUT2D eigenvalue weighted by molar-refractivity contribution is 6.30. The molecule has 4 rings (SSSR count). The first-order chi connectivity index (χ1) is 15.2. The third kappa shape index (κ3) is 3.47. The first-order valence-corrected chi connectivity index (χ1v) is 9.56. The van der Waals surface area contributed by atoms with Crippen LogP contribution in [0.2, 0.25) is 5.02 Å². The molecule has 1 aliphatic rings. The van der Waals surface area contributed by atoms with E-state index >= 15 is 0 Å². The van der Waals surface area contributed by atoms with E-state index in [0.717, 1.165) is 6.07 Å². The Morgan fingerprint density at radius 3 is 2.41 bits per heavy atom. The fourth-order valence-electron chi connectivity index (χ4n) is 3.71. The Kier molecular flexibility index (Phi) is 5.15. The Morgan fingerprint density at radius 2 is 1.78 bits per heavy atom. The van der Waals surface area contributed by atoms with Gasteiger partial charge in [0.1, 0.15) is 11.5 Å². The fraction of sp³-hybridized carbons (Fsp3) is 0.136. The molecule has 10 heteroatoms. The van der Waals surface area contributed by atoms with E-state index in [1.54, 1.807) is 25.1 Å². The molecule has 32 heavy (non-hydrogen) atoms. The zero-order valence-electron chi connectivity index (χ0n) is 16.3. The van der Waals surface area contributed by atoms with Crippen LogP contribution in [0.4, 0.5) is 17.6 Å². The van der Waals surface area contributed by atoms with E-state index in [1.807, 2.05) is 6.07 Å². The van der Waals surface area contributed by atoms with Crippen molar-refractivity contribution in [3.63, 3.8) is 0 Å². The number of halogens is 5. The van der Waals surface area contributed by atoms with Crippen LogP contribution in [-0.2, 0) is 0 Å². The molecule has 5 nitrogen and oxygen atoms in total. The van der Waals surface area contributed by atoms with Gasteiger partial charge < -0.3 is 5.32 Å². The molecular formula is C22H12ClF4N5. The van der Waals surface area contributed by atoms with Crippen molar-refractivity contribution in [1.82, 2.24) is 15.5 Å². The van der Waals surface area contributed by atoms with E-state index in [9.17, 15) is 28.1 Å². The molecule has 0 bridgehead atoms. The summed E-state index contributed by atoms with van der Waals surface area (Å²) in [6.07, 6.45) is -4.92. The van der Waals surface area contributed by atoms with Crippen molar-refractivity contribution in [1.29, 1.82) is 10.5 Å². The number of nitrogens with one attached hydrogen (secondary N) is 2. The number of fused-ring (bicyclic) bond motifs is 1. The van der Waals surface area contributed by atoms with E-state index < -0.39 is 29.2 Å². The summed E-state index contributed by atoms with van der Waals surface area (Å²) in [6.45, 7) is 1.72. The third-order valence-electron chi connectivity index (χ3n) is 5.21. The molecule has 1 unspecified atom stereocenters. The molecule has 2 heterocycles. The van der Waals surface area contributed by atoms with Gasteiger partial charge in [-0.3, -0.25) is 5.10 Å². The van der Waals surface area contributed by atoms with Gasteiger partial charge in [-0.2, -0.15) is 28.8 Å². The number of nitrogens with zero attached hydrogens (tertiary/aromatic N) is 3. The molecule has 0 spiro atoms. The number of allylic oxidation sites excluding steroid dienone is 3. The normalized spacial score (nSPS) is 16.7. The molecule has 0 amide bonds. The molecule has 0 aliphatic carbocycles. The van der Waals surface area contributed by atoms with Crippen molar-refractivity contribution in [3.05, 3.63) is 80.9 Å². The zero-order chi connectivity index (χ0) is 23.2. The highest BCUT2D eigenvalue weighted by Crippen LogP contribution is 2.44. The largest absolute Gasteiger partial charge is 0.432 e. The Hall–Kier alpha value is -3.82. The molecule has 160 valence electrons. The van der Waals surface area contributed by atoms with Gasteiger partial charge in [0, 0.05) is 10.9 Å². The third-order valence-corrected chi connectivity index (χ3v) is 5.52. The van der Waals surface area contributed by atoms with Gasteiger partial charge in [-0.15, -0.1) is 0 Å². The lowest BCUT2D eigenvalue weighted by Crippen LogP contribution is -2.33. The van der Waals surface area contributed by atoms with Gasteiger partial charge in [0.25, 0.3) is 0 Å². The number of aryl methyl sites for hydroxylation is 1. The van der Waals surface area contributed by atoms with E-state index in [1.165, 1.54) is 18.2 Å². The minimum Gasteiger partial charge on any atom is -0.349 e. The first-order valence-electron chi connectivity index (χ1n) is 9.18. The highest BCUT2D eigenvalue weighted by Gasteiger charge is 2.44. The number of alkyl halides is 3. The molecular weight excluding hydrogens is 446 g/mol. The summed E-state index contributed by atoms with van der Waals surface area (Å²) >= 11 is 5.70. The molecule has 3 aromatic rings. The van der Waals surface area contributed by atoms with Crippen LogP contribution in [0.15, 0.2) is 53.2 Å². The van der Waals surface area contributed by atoms with Gasteiger partial charge in [-0.05, 0) is 36.8 Å². The lowest BCUT2D eigenvalue weighted by molar-refractivity contribution is -0.0962. The quantitative estimate of drug-likeness (QED) is 0.488. The average Bonchev–Trinajstić information content (AvgIpc) is 3.13. The number of nitriles is 2. The van der Waals surface area contributed by atoms with Crippen molar-refractivity contribution >= 4 is 28.2 Å². The van der Waals surface area contributed by atoms with Gasteiger partial charge >= 0.3 is 6.18 Å². The second-order valence-corrected chi connectivity index (χ2v) is 7.51. The van der Waals surface area contributed by atoms with Gasteiger partial charge in [0.05, 0.1) is 51.1 Å². The van der Waals surface area contributed by atoms with Gasteiger partial charge in [0.15, 0.2) is 0 Å². The summed E-state index contributed by atoms with van der Waals surface area (Å²) in [5, 5.41) is 29.0. The maximum Gasteiger partial charge on any atom is 0.432 e. The van der Waals surface area contributed by atoms with E-state index in [-0.39, 0.29) is 21.9 Å². The SMILES string of the molecule is Cc1n[nH]c2ccc(C3C(C#N)=C(c4ccc(Cl)c(F)c4)NC(C(F)(F)F)=C3C#N)cc12. The summed E-state index contributed by atoms with van der Waals surface area (Å²) < 4.78 is 55.8. The first kappa shape index (κ1) is 21.4. The Balaban J connectivity index is 2.03. The Labute approximate surface area is 184 Å². The predicted octanol–water partition coefficient (Wildman–Crippen LogP) is 5.63. The number of hydrogen-bond donors (Lipinski definition) is 2. The van der Waals surface area contributed by atoms with Crippen LogP contribution >= 0.6 is 11.6 Å². The highest BCUT2D eigenvalue weighted by atomic mass is 35.5. The molecule has 2 N–H and O–H groups in total. The van der Waals surface area contributed by atoms with Crippen molar-refractivity contribution < 1.29 is 17.6 Å². The number of aromatic nitrogens is 2. The second-order valence-electron chi connectivity index (χ2n) is 7.10. The van der Waals surface area contributed by atoms with Gasteiger partial charge in [0.2, 0.25) is 0 Å². The van der Waals surface area contributed by atoms with Gasteiger partial charge in [-0.25, -0.2) is 4.39 Å². The number of hydrogen-bond acceptors (Lipinski definition) is 4. The zero-order valence-corrected chi connectivity index (χ0v) is 17.0. The monoisotopic (exact) mass is 457 g/mol. The standard InChI is InChI=1S/C22H12ClF4N5/c1-10-13-6-11(3-5-18(13)32-31-10)19-14(8-28)20(12-2-4-16(23)17(24)7-12)30-21(15(19)9-29)22(25,26)27/h2-7,19,30H,1H3,(H,31,32). The summed E-state index contributed by atoms with van der Waals surface area (Å²) in [6, 6.07) is 11.7. The number of dihydropyridines is 1. The average molecular weight is 458 g/mol. The van der Waals surface area contributed by atoms with Crippen LogP contribution in [-0.4, -0.2) is 16.4 Å². The molecule has 1 atom stereocenters. The molecule has 1 aliphatic heterocycles. The maximum absolute atomic E-state index is 14.1. The summed E-state index contributed by atoms with van der Waals surface area (Å²) in [5.41, 5.74) is -0.817. The van der Waals surface area contributed by atoms with Crippen molar-refractivity contribution in [2.45, 2.75) is 19.0 Å². The Bertz CT molecular complexity index is 1400. The van der Waals surface area contributed by atoms with Gasteiger partial charge in [-0.1, -0.05) is 23.7 Å². The van der Waals surface area contributed by atoms with Crippen LogP contribution in [0.25, 0.3) is 16.6 Å². The molecule has 0 saturated heterocycles. The molecule has 1 aromatic heterocycles. The van der Waals surface area contributed by atoms with Crippen LogP contribution in [0, 0.1) is 35.4 Å². The van der Waals surface area contributed by atoms with Crippen LogP contribution in [0.5, 0.6) is 0 Å². The second kappa shape index (κ2) is 7.70. The summed E-state index contributed by atoms with van der Waals surface area (Å²) in [4.78, 5) is 0. The summed E-state index contributed by atoms with van der Waals surface area (Å²) in [7, 11) is 0. The lowest BCUT2D eigenvalue weighted by Gasteiger charge is -2.30. The van der Waals surface area contributed by atoms with E-state index in [4.69, 9.17) is 11.6 Å². The van der Waals surface area contributed by atoms with Crippen molar-refractivity contribution in [2.24, 2.45) is 0 Å².